The van der Waals surface area contributed by atoms with Crippen molar-refractivity contribution in [1.82, 2.24) is 14.8 Å². The van der Waals surface area contributed by atoms with Gasteiger partial charge in [0, 0.05) is 18.3 Å². The number of hydrogen-bond acceptors (Lipinski definition) is 6. The van der Waals surface area contributed by atoms with Crippen molar-refractivity contribution < 1.29 is 14.0 Å². The molecule has 3 rings (SSSR count). The summed E-state index contributed by atoms with van der Waals surface area (Å²) in [4.78, 5) is 23.7. The molecule has 0 aliphatic heterocycles. The Labute approximate surface area is 154 Å². The second kappa shape index (κ2) is 7.57. The van der Waals surface area contributed by atoms with Gasteiger partial charge in [0.25, 0.3) is 0 Å². The molecule has 2 aromatic heterocycles. The normalized spacial score (nSPS) is 12.0. The molecule has 0 bridgehead atoms. The summed E-state index contributed by atoms with van der Waals surface area (Å²) in [5.74, 6) is 1.05. The van der Waals surface area contributed by atoms with Gasteiger partial charge in [-0.2, -0.15) is 0 Å². The summed E-state index contributed by atoms with van der Waals surface area (Å²) < 4.78 is 7.12. The van der Waals surface area contributed by atoms with Gasteiger partial charge in [-0.25, -0.2) is 0 Å². The van der Waals surface area contributed by atoms with Crippen molar-refractivity contribution in [2.45, 2.75) is 24.3 Å². The van der Waals surface area contributed by atoms with E-state index in [0.717, 1.165) is 0 Å². The number of benzene rings is 1. The standard InChI is InChI=1S/C18H18N4O3S/c1-11(23)13-6-8-14(9-7-13)19-17(24)12(2)26-18-21-20-16(22(18)3)15-5-4-10-25-15/h4-10,12H,1-3H3,(H,19,24)/t12-/m1/s1. The first kappa shape index (κ1) is 17.9. The molecule has 0 spiro atoms. The summed E-state index contributed by atoms with van der Waals surface area (Å²) in [5, 5.41) is 11.3. The van der Waals surface area contributed by atoms with Crippen LogP contribution in [0.4, 0.5) is 5.69 Å². The average molecular weight is 370 g/mol. The van der Waals surface area contributed by atoms with Gasteiger partial charge in [-0.05, 0) is 50.2 Å². The molecule has 1 amide bonds. The minimum absolute atomic E-state index is 0.0126. The number of furan rings is 1. The van der Waals surface area contributed by atoms with Crippen LogP contribution in [0.1, 0.15) is 24.2 Å². The van der Waals surface area contributed by atoms with Crippen LogP contribution in [-0.4, -0.2) is 31.7 Å². The number of nitrogens with one attached hydrogen (secondary N) is 1. The molecule has 26 heavy (non-hydrogen) atoms. The van der Waals surface area contributed by atoms with Gasteiger partial charge >= 0.3 is 0 Å². The molecule has 0 unspecified atom stereocenters. The van der Waals surface area contributed by atoms with E-state index in [-0.39, 0.29) is 16.9 Å². The van der Waals surface area contributed by atoms with Crippen LogP contribution in [0.15, 0.2) is 52.2 Å². The molecule has 0 aliphatic rings. The third-order valence-corrected chi connectivity index (χ3v) is 4.92. The minimum atomic E-state index is -0.380. The average Bonchev–Trinajstić information content (AvgIpc) is 3.26. The van der Waals surface area contributed by atoms with Crippen molar-refractivity contribution in [2.24, 2.45) is 7.05 Å². The summed E-state index contributed by atoms with van der Waals surface area (Å²) >= 11 is 1.31. The van der Waals surface area contributed by atoms with E-state index in [0.29, 0.717) is 28.0 Å². The molecule has 1 atom stereocenters. The lowest BCUT2D eigenvalue weighted by atomic mass is 10.1. The zero-order valence-electron chi connectivity index (χ0n) is 14.6. The number of ketones is 1. The summed E-state index contributed by atoms with van der Waals surface area (Å²) in [6.07, 6.45) is 1.57. The predicted molar refractivity (Wildman–Crippen MR) is 99.1 cm³/mol. The molecular weight excluding hydrogens is 352 g/mol. The Morgan fingerprint density at radius 3 is 2.54 bits per heavy atom. The van der Waals surface area contributed by atoms with E-state index in [4.69, 9.17) is 4.42 Å². The number of carbonyl (C=O) groups excluding carboxylic acids is 2. The van der Waals surface area contributed by atoms with Gasteiger partial charge in [-0.3, -0.25) is 9.59 Å². The maximum Gasteiger partial charge on any atom is 0.237 e. The highest BCUT2D eigenvalue weighted by molar-refractivity contribution is 8.00. The molecule has 1 aromatic carbocycles. The molecule has 7 nitrogen and oxygen atoms in total. The molecule has 2 heterocycles. The third kappa shape index (κ3) is 3.85. The largest absolute Gasteiger partial charge is 0.461 e. The molecule has 0 saturated heterocycles. The van der Waals surface area contributed by atoms with Gasteiger partial charge in [0.2, 0.25) is 5.91 Å². The SMILES string of the molecule is CC(=O)c1ccc(NC(=O)[C@@H](C)Sc2nnc(-c3ccco3)n2C)cc1. The maximum atomic E-state index is 12.4. The van der Waals surface area contributed by atoms with Crippen LogP contribution < -0.4 is 5.32 Å². The lowest BCUT2D eigenvalue weighted by molar-refractivity contribution is -0.115. The Kier molecular flexibility index (Phi) is 5.22. The molecular formula is C18H18N4O3S. The number of thioether (sulfide) groups is 1. The smallest absolute Gasteiger partial charge is 0.237 e. The number of Topliss-reactive ketones (excluding diaryl/α,β-unsaturated/α-hetero) is 1. The lowest BCUT2D eigenvalue weighted by Crippen LogP contribution is -2.22. The first-order valence-electron chi connectivity index (χ1n) is 7.97. The van der Waals surface area contributed by atoms with Gasteiger partial charge in [-0.15, -0.1) is 10.2 Å². The molecule has 0 aliphatic carbocycles. The van der Waals surface area contributed by atoms with Crippen molar-refractivity contribution in [1.29, 1.82) is 0 Å². The van der Waals surface area contributed by atoms with Crippen LogP contribution >= 0.6 is 11.8 Å². The summed E-state index contributed by atoms with van der Waals surface area (Å²) in [7, 11) is 1.82. The fourth-order valence-corrected chi connectivity index (χ4v) is 3.10. The number of hydrogen-bond donors (Lipinski definition) is 1. The quantitative estimate of drug-likeness (QED) is 0.528. The Bertz CT molecular complexity index is 917. The number of nitrogens with zero attached hydrogens (tertiary/aromatic N) is 3. The fourth-order valence-electron chi connectivity index (χ4n) is 2.28. The second-order valence-electron chi connectivity index (χ2n) is 5.73. The first-order valence-corrected chi connectivity index (χ1v) is 8.85. The van der Waals surface area contributed by atoms with Gasteiger partial charge < -0.3 is 14.3 Å². The molecule has 0 saturated carbocycles. The molecule has 0 radical (unpaired) electrons. The number of aromatic nitrogens is 3. The fraction of sp³-hybridized carbons (Fsp3) is 0.222. The maximum absolute atomic E-state index is 12.4. The minimum Gasteiger partial charge on any atom is -0.461 e. The zero-order valence-corrected chi connectivity index (χ0v) is 15.4. The number of anilines is 1. The van der Waals surface area contributed by atoms with Crippen LogP contribution in [0, 0.1) is 0 Å². The Morgan fingerprint density at radius 2 is 1.92 bits per heavy atom. The van der Waals surface area contributed by atoms with Crippen LogP contribution in [0.2, 0.25) is 0 Å². The van der Waals surface area contributed by atoms with Crippen molar-refractivity contribution in [2.75, 3.05) is 5.32 Å². The summed E-state index contributed by atoms with van der Waals surface area (Å²) in [6, 6.07) is 10.4. The van der Waals surface area contributed by atoms with Crippen molar-refractivity contribution in [3.8, 4) is 11.6 Å². The highest BCUT2D eigenvalue weighted by Crippen LogP contribution is 2.26. The van der Waals surface area contributed by atoms with E-state index in [1.165, 1.54) is 18.7 Å². The van der Waals surface area contributed by atoms with Gasteiger partial charge in [-0.1, -0.05) is 11.8 Å². The lowest BCUT2D eigenvalue weighted by Gasteiger charge is -2.11. The van der Waals surface area contributed by atoms with E-state index in [2.05, 4.69) is 15.5 Å². The van der Waals surface area contributed by atoms with Crippen LogP contribution in [-0.2, 0) is 11.8 Å². The Balaban J connectivity index is 1.65. The van der Waals surface area contributed by atoms with Crippen LogP contribution in [0.3, 0.4) is 0 Å². The summed E-state index contributed by atoms with van der Waals surface area (Å²) in [5.41, 5.74) is 1.25. The molecule has 1 N–H and O–H groups in total. The third-order valence-electron chi connectivity index (χ3n) is 3.79. The predicted octanol–water partition coefficient (Wildman–Crippen LogP) is 3.40. The highest BCUT2D eigenvalue weighted by atomic mass is 32.2. The highest BCUT2D eigenvalue weighted by Gasteiger charge is 2.20. The monoisotopic (exact) mass is 370 g/mol. The second-order valence-corrected chi connectivity index (χ2v) is 7.03. The zero-order chi connectivity index (χ0) is 18.7. The van der Waals surface area contributed by atoms with Gasteiger partial charge in [0.05, 0.1) is 11.5 Å². The molecule has 134 valence electrons. The van der Waals surface area contributed by atoms with Gasteiger partial charge in [0.1, 0.15) is 0 Å². The van der Waals surface area contributed by atoms with Crippen LogP contribution in [0.25, 0.3) is 11.6 Å². The van der Waals surface area contributed by atoms with E-state index >= 15 is 0 Å². The molecule has 3 aromatic rings. The first-order chi connectivity index (χ1) is 12.5. The Morgan fingerprint density at radius 1 is 1.19 bits per heavy atom. The number of carbonyl (C=O) groups is 2. The molecule has 0 fully saturated rings. The van der Waals surface area contributed by atoms with Crippen LogP contribution in [0.5, 0.6) is 0 Å². The topological polar surface area (TPSA) is 90.0 Å². The van der Waals surface area contributed by atoms with Gasteiger partial charge in [0.15, 0.2) is 22.5 Å². The van der Waals surface area contributed by atoms with E-state index in [9.17, 15) is 9.59 Å². The van der Waals surface area contributed by atoms with Crippen molar-refractivity contribution >= 4 is 29.1 Å². The van der Waals surface area contributed by atoms with Crippen molar-refractivity contribution in [3.63, 3.8) is 0 Å². The Hall–Kier alpha value is -2.87. The van der Waals surface area contributed by atoms with Crippen molar-refractivity contribution in [3.05, 3.63) is 48.2 Å². The van der Waals surface area contributed by atoms with E-state index in [1.54, 1.807) is 54.2 Å². The number of amides is 1. The summed E-state index contributed by atoms with van der Waals surface area (Å²) in [6.45, 7) is 3.30. The number of rotatable bonds is 6. The molecule has 8 heteroatoms. The van der Waals surface area contributed by atoms with E-state index < -0.39 is 0 Å². The van der Waals surface area contributed by atoms with E-state index in [1.807, 2.05) is 7.05 Å².